The first kappa shape index (κ1) is 13.8. The van der Waals surface area contributed by atoms with E-state index in [9.17, 15) is 4.21 Å². The third-order valence-electron chi connectivity index (χ3n) is 3.78. The molecule has 0 aromatic rings. The van der Waals surface area contributed by atoms with Crippen LogP contribution in [-0.2, 0) is 11.0 Å². The van der Waals surface area contributed by atoms with Crippen molar-refractivity contribution in [1.82, 2.24) is 9.03 Å². The number of nitrogens with one attached hydrogen (secondary N) is 1. The van der Waals surface area contributed by atoms with Crippen molar-refractivity contribution in [3.8, 4) is 0 Å². The van der Waals surface area contributed by atoms with Crippen molar-refractivity contribution >= 4 is 22.9 Å². The zero-order valence-corrected chi connectivity index (χ0v) is 12.3. The second kappa shape index (κ2) is 7.12. The molecule has 0 aromatic carbocycles. The first-order chi connectivity index (χ1) is 8.31. The Bertz CT molecular complexity index is 249. The van der Waals surface area contributed by atoms with Crippen molar-refractivity contribution in [2.75, 3.05) is 20.1 Å². The normalized spacial score (nSPS) is 27.1. The molecule has 0 bridgehead atoms. The van der Waals surface area contributed by atoms with E-state index in [0.29, 0.717) is 10.5 Å². The van der Waals surface area contributed by atoms with Crippen LogP contribution in [0.4, 0.5) is 0 Å². The minimum absolute atomic E-state index is 0.456. The molecular formula is C12H24N2OS2. The van der Waals surface area contributed by atoms with Crippen LogP contribution < -0.4 is 4.72 Å². The van der Waals surface area contributed by atoms with E-state index >= 15 is 0 Å². The van der Waals surface area contributed by atoms with E-state index in [1.165, 1.54) is 44.9 Å². The van der Waals surface area contributed by atoms with Crippen LogP contribution in [0.3, 0.4) is 0 Å². The number of nitrogens with zero attached hydrogens (tertiary/aromatic N) is 1. The van der Waals surface area contributed by atoms with Gasteiger partial charge >= 0.3 is 0 Å². The summed E-state index contributed by atoms with van der Waals surface area (Å²) in [6.45, 7) is 2.03. The molecule has 1 aliphatic heterocycles. The van der Waals surface area contributed by atoms with Crippen LogP contribution in [0.25, 0.3) is 0 Å². The monoisotopic (exact) mass is 276 g/mol. The molecule has 1 atom stereocenters. The average Bonchev–Trinajstić information content (AvgIpc) is 2.40. The molecule has 1 heterocycles. The summed E-state index contributed by atoms with van der Waals surface area (Å²) in [5.41, 5.74) is 0. The second-order valence-electron chi connectivity index (χ2n) is 4.99. The molecule has 1 saturated heterocycles. The maximum atomic E-state index is 12.4. The van der Waals surface area contributed by atoms with Crippen LogP contribution in [0.15, 0.2) is 0 Å². The molecule has 1 aliphatic carbocycles. The molecule has 1 saturated carbocycles. The van der Waals surface area contributed by atoms with Gasteiger partial charge in [0.05, 0.1) is 11.0 Å². The lowest BCUT2D eigenvalue weighted by atomic mass is 10.0. The summed E-state index contributed by atoms with van der Waals surface area (Å²) < 4.78 is 17.8. The van der Waals surface area contributed by atoms with Gasteiger partial charge in [-0.2, -0.15) is 0 Å². The zero-order chi connectivity index (χ0) is 12.1. The van der Waals surface area contributed by atoms with E-state index in [2.05, 4.69) is 9.03 Å². The van der Waals surface area contributed by atoms with Gasteiger partial charge in [0, 0.05) is 23.6 Å². The maximum absolute atomic E-state index is 12.4. The van der Waals surface area contributed by atoms with Gasteiger partial charge in [-0.15, -0.1) is 0 Å². The molecule has 2 aliphatic rings. The largest absolute Gasteiger partial charge is 0.267 e. The van der Waals surface area contributed by atoms with Crippen LogP contribution in [-0.4, -0.2) is 39.2 Å². The van der Waals surface area contributed by atoms with Crippen molar-refractivity contribution in [3.05, 3.63) is 0 Å². The predicted octanol–water partition coefficient (Wildman–Crippen LogP) is 2.31. The van der Waals surface area contributed by atoms with Crippen molar-refractivity contribution in [2.45, 2.75) is 55.4 Å². The van der Waals surface area contributed by atoms with Crippen molar-refractivity contribution in [3.63, 3.8) is 0 Å². The quantitative estimate of drug-likeness (QED) is 0.800. The number of hydrogen-bond donors (Lipinski definition) is 1. The lowest BCUT2D eigenvalue weighted by molar-refractivity contribution is 0.362. The molecule has 1 unspecified atom stereocenters. The minimum Gasteiger partial charge on any atom is -0.267 e. The summed E-state index contributed by atoms with van der Waals surface area (Å²) in [4.78, 5) is 0. The van der Waals surface area contributed by atoms with Gasteiger partial charge in [-0.1, -0.05) is 31.2 Å². The van der Waals surface area contributed by atoms with Crippen LogP contribution in [0.2, 0.25) is 0 Å². The van der Waals surface area contributed by atoms with Gasteiger partial charge in [0.1, 0.15) is 0 Å². The van der Waals surface area contributed by atoms with Gasteiger partial charge in [-0.05, 0) is 32.7 Å². The SMILES string of the molecule is CNSC1CCN(S(=O)C2CCCCC2)CC1. The highest BCUT2D eigenvalue weighted by molar-refractivity contribution is 7.98. The molecule has 5 heteroatoms. The summed E-state index contributed by atoms with van der Waals surface area (Å²) in [5.74, 6) is 0. The van der Waals surface area contributed by atoms with E-state index in [4.69, 9.17) is 0 Å². The summed E-state index contributed by atoms with van der Waals surface area (Å²) >= 11 is 1.83. The highest BCUT2D eigenvalue weighted by Gasteiger charge is 2.28. The molecule has 3 nitrogen and oxygen atoms in total. The molecule has 2 fully saturated rings. The Hall–Kier alpha value is 0.420. The molecular weight excluding hydrogens is 252 g/mol. The molecule has 0 spiro atoms. The Morgan fingerprint density at radius 1 is 1.12 bits per heavy atom. The molecule has 0 radical (unpaired) electrons. The lowest BCUT2D eigenvalue weighted by Gasteiger charge is -2.33. The smallest absolute Gasteiger partial charge is 0.0974 e. The summed E-state index contributed by atoms with van der Waals surface area (Å²) in [5, 5.41) is 1.16. The summed E-state index contributed by atoms with van der Waals surface area (Å²) in [6.07, 6.45) is 8.60. The Labute approximate surface area is 112 Å². The van der Waals surface area contributed by atoms with E-state index < -0.39 is 11.0 Å². The molecule has 2 rings (SSSR count). The fraction of sp³-hybridized carbons (Fsp3) is 1.00. The fourth-order valence-corrected chi connectivity index (χ4v) is 5.28. The third-order valence-corrected chi connectivity index (χ3v) is 6.73. The number of piperidine rings is 1. The Morgan fingerprint density at radius 2 is 1.76 bits per heavy atom. The van der Waals surface area contributed by atoms with Gasteiger partial charge in [0.2, 0.25) is 0 Å². The highest BCUT2D eigenvalue weighted by Crippen LogP contribution is 2.27. The van der Waals surface area contributed by atoms with Crippen molar-refractivity contribution < 1.29 is 4.21 Å². The molecule has 1 N–H and O–H groups in total. The Balaban J connectivity index is 1.77. The Morgan fingerprint density at radius 3 is 2.35 bits per heavy atom. The maximum Gasteiger partial charge on any atom is 0.0974 e. The van der Waals surface area contributed by atoms with Crippen molar-refractivity contribution in [2.24, 2.45) is 0 Å². The first-order valence-corrected chi connectivity index (χ1v) is 8.84. The molecule has 100 valence electrons. The first-order valence-electron chi connectivity index (χ1n) is 6.79. The zero-order valence-electron chi connectivity index (χ0n) is 10.7. The Kier molecular flexibility index (Phi) is 5.80. The molecule has 0 aromatic heterocycles. The van der Waals surface area contributed by atoms with E-state index in [0.717, 1.165) is 13.1 Å². The standard InChI is InChI=1S/C12H24N2OS2/c1-13-16-11-7-9-14(10-8-11)17(15)12-5-3-2-4-6-12/h11-13H,2-10H2,1H3. The van der Waals surface area contributed by atoms with Gasteiger partial charge in [-0.3, -0.25) is 4.72 Å². The van der Waals surface area contributed by atoms with Gasteiger partial charge in [0.25, 0.3) is 0 Å². The molecule has 17 heavy (non-hydrogen) atoms. The van der Waals surface area contributed by atoms with Gasteiger partial charge < -0.3 is 0 Å². The second-order valence-corrected chi connectivity index (χ2v) is 8.03. The number of rotatable bonds is 4. The van der Waals surface area contributed by atoms with Crippen molar-refractivity contribution in [1.29, 1.82) is 0 Å². The summed E-state index contributed by atoms with van der Waals surface area (Å²) in [6, 6.07) is 0. The number of hydrogen-bond acceptors (Lipinski definition) is 3. The highest BCUT2D eigenvalue weighted by atomic mass is 32.2. The fourth-order valence-electron chi connectivity index (χ4n) is 2.77. The third kappa shape index (κ3) is 3.94. The average molecular weight is 276 g/mol. The summed E-state index contributed by atoms with van der Waals surface area (Å²) in [7, 11) is 1.28. The van der Waals surface area contributed by atoms with E-state index in [1.54, 1.807) is 0 Å². The van der Waals surface area contributed by atoms with E-state index in [-0.39, 0.29) is 0 Å². The topological polar surface area (TPSA) is 32.3 Å². The van der Waals surface area contributed by atoms with Crippen LogP contribution >= 0.6 is 11.9 Å². The molecule has 0 amide bonds. The predicted molar refractivity (Wildman–Crippen MR) is 76.3 cm³/mol. The lowest BCUT2D eigenvalue weighted by Crippen LogP contribution is -2.41. The van der Waals surface area contributed by atoms with Gasteiger partial charge in [0.15, 0.2) is 0 Å². The minimum atomic E-state index is -0.708. The van der Waals surface area contributed by atoms with Crippen LogP contribution in [0.1, 0.15) is 44.9 Å². The van der Waals surface area contributed by atoms with Crippen LogP contribution in [0, 0.1) is 0 Å². The van der Waals surface area contributed by atoms with E-state index in [1.807, 2.05) is 19.0 Å². The van der Waals surface area contributed by atoms with Crippen LogP contribution in [0.5, 0.6) is 0 Å². The van der Waals surface area contributed by atoms with Gasteiger partial charge in [-0.25, -0.2) is 8.51 Å².